The highest BCUT2D eigenvalue weighted by Gasteiger charge is 2.14. The number of rotatable bonds is 3. The SMILES string of the molecule is Cc1cccc(C=NNC(N)=S)c1[N+](=O)[O-]. The number of para-hydroxylation sites is 1. The van der Waals surface area contributed by atoms with Crippen molar-refractivity contribution in [3.8, 4) is 0 Å². The second-order valence-electron chi connectivity index (χ2n) is 3.00. The molecule has 0 spiro atoms. The van der Waals surface area contributed by atoms with Crippen molar-refractivity contribution >= 4 is 29.2 Å². The van der Waals surface area contributed by atoms with Gasteiger partial charge < -0.3 is 5.73 Å². The molecule has 0 aromatic heterocycles. The Kier molecular flexibility index (Phi) is 3.90. The van der Waals surface area contributed by atoms with Gasteiger partial charge in [-0.15, -0.1) is 0 Å². The van der Waals surface area contributed by atoms with Crippen LogP contribution in [0.4, 0.5) is 5.69 Å². The van der Waals surface area contributed by atoms with Gasteiger partial charge >= 0.3 is 0 Å². The lowest BCUT2D eigenvalue weighted by atomic mass is 10.1. The van der Waals surface area contributed by atoms with Crippen LogP contribution in [0, 0.1) is 17.0 Å². The first-order valence-corrected chi connectivity index (χ1v) is 4.75. The highest BCUT2D eigenvalue weighted by Crippen LogP contribution is 2.21. The van der Waals surface area contributed by atoms with Gasteiger partial charge in [0.25, 0.3) is 5.69 Å². The van der Waals surface area contributed by atoms with Crippen molar-refractivity contribution in [2.75, 3.05) is 0 Å². The van der Waals surface area contributed by atoms with Crippen molar-refractivity contribution in [3.05, 3.63) is 39.4 Å². The number of nitro groups is 1. The minimum atomic E-state index is -0.447. The molecule has 0 radical (unpaired) electrons. The first-order chi connectivity index (χ1) is 7.52. The Morgan fingerprint density at radius 3 is 2.94 bits per heavy atom. The lowest BCUT2D eigenvalue weighted by Crippen LogP contribution is -2.24. The molecule has 7 heteroatoms. The number of hydrogen-bond donors (Lipinski definition) is 2. The molecule has 0 amide bonds. The number of nitrogens with two attached hydrogens (primary N) is 1. The lowest BCUT2D eigenvalue weighted by molar-refractivity contribution is -0.385. The third-order valence-corrected chi connectivity index (χ3v) is 1.92. The predicted octanol–water partition coefficient (Wildman–Crippen LogP) is 1.07. The van der Waals surface area contributed by atoms with E-state index in [1.54, 1.807) is 25.1 Å². The van der Waals surface area contributed by atoms with E-state index in [-0.39, 0.29) is 10.8 Å². The van der Waals surface area contributed by atoms with Gasteiger partial charge in [-0.3, -0.25) is 15.5 Å². The van der Waals surface area contributed by atoms with E-state index in [2.05, 4.69) is 22.7 Å². The molecule has 1 rings (SSSR count). The molecule has 16 heavy (non-hydrogen) atoms. The van der Waals surface area contributed by atoms with E-state index in [9.17, 15) is 10.1 Å². The fourth-order valence-electron chi connectivity index (χ4n) is 1.20. The van der Waals surface area contributed by atoms with E-state index < -0.39 is 4.92 Å². The normalized spacial score (nSPS) is 10.3. The molecule has 0 aliphatic heterocycles. The van der Waals surface area contributed by atoms with Crippen LogP contribution in [0.15, 0.2) is 23.3 Å². The molecule has 0 aliphatic carbocycles. The average molecular weight is 238 g/mol. The second kappa shape index (κ2) is 5.17. The highest BCUT2D eigenvalue weighted by atomic mass is 32.1. The summed E-state index contributed by atoms with van der Waals surface area (Å²) in [5.74, 6) is 0. The maximum absolute atomic E-state index is 10.8. The summed E-state index contributed by atoms with van der Waals surface area (Å²) in [6.07, 6.45) is 1.31. The fraction of sp³-hybridized carbons (Fsp3) is 0.111. The van der Waals surface area contributed by atoms with Crippen molar-refractivity contribution in [1.82, 2.24) is 5.43 Å². The van der Waals surface area contributed by atoms with Crippen molar-refractivity contribution in [2.45, 2.75) is 6.92 Å². The molecular formula is C9H10N4O2S. The zero-order valence-electron chi connectivity index (χ0n) is 8.51. The van der Waals surface area contributed by atoms with Crippen LogP contribution in [0.1, 0.15) is 11.1 Å². The van der Waals surface area contributed by atoms with E-state index in [1.165, 1.54) is 6.21 Å². The molecule has 3 N–H and O–H groups in total. The van der Waals surface area contributed by atoms with E-state index in [1.807, 2.05) is 0 Å². The van der Waals surface area contributed by atoms with Gasteiger partial charge in [-0.25, -0.2) is 0 Å². The third-order valence-electron chi connectivity index (χ3n) is 1.83. The van der Waals surface area contributed by atoms with Gasteiger partial charge in [0.15, 0.2) is 5.11 Å². The molecule has 0 saturated heterocycles. The molecule has 0 aliphatic rings. The van der Waals surface area contributed by atoms with Crippen LogP contribution in [0.2, 0.25) is 0 Å². The van der Waals surface area contributed by atoms with Crippen LogP contribution < -0.4 is 11.2 Å². The number of nitro benzene ring substituents is 1. The largest absolute Gasteiger partial charge is 0.375 e. The Morgan fingerprint density at radius 1 is 1.69 bits per heavy atom. The van der Waals surface area contributed by atoms with Crippen LogP contribution >= 0.6 is 12.2 Å². The first-order valence-electron chi connectivity index (χ1n) is 4.35. The first kappa shape index (κ1) is 12.1. The monoisotopic (exact) mass is 238 g/mol. The van der Waals surface area contributed by atoms with Crippen molar-refractivity contribution in [2.24, 2.45) is 10.8 Å². The van der Waals surface area contributed by atoms with Crippen molar-refractivity contribution < 1.29 is 4.92 Å². The van der Waals surface area contributed by atoms with Gasteiger partial charge in [0.05, 0.1) is 16.7 Å². The number of benzene rings is 1. The van der Waals surface area contributed by atoms with Gasteiger partial charge in [0.1, 0.15) is 0 Å². The van der Waals surface area contributed by atoms with E-state index in [0.717, 1.165) is 0 Å². The summed E-state index contributed by atoms with van der Waals surface area (Å²) < 4.78 is 0. The topological polar surface area (TPSA) is 93.5 Å². The van der Waals surface area contributed by atoms with E-state index in [4.69, 9.17) is 5.73 Å². The number of aryl methyl sites for hydroxylation is 1. The lowest BCUT2D eigenvalue weighted by Gasteiger charge is -2.00. The Balaban J connectivity index is 3.04. The third kappa shape index (κ3) is 2.99. The summed E-state index contributed by atoms with van der Waals surface area (Å²) in [7, 11) is 0. The number of nitrogens with one attached hydrogen (secondary N) is 1. The molecule has 84 valence electrons. The Labute approximate surface area is 97.3 Å². The van der Waals surface area contributed by atoms with Gasteiger partial charge in [0, 0.05) is 5.56 Å². The quantitative estimate of drug-likeness (QED) is 0.355. The van der Waals surface area contributed by atoms with E-state index in [0.29, 0.717) is 11.1 Å². The van der Waals surface area contributed by atoms with Crippen LogP contribution in [0.25, 0.3) is 0 Å². The highest BCUT2D eigenvalue weighted by molar-refractivity contribution is 7.80. The van der Waals surface area contributed by atoms with Gasteiger partial charge in [-0.2, -0.15) is 5.10 Å². The second-order valence-corrected chi connectivity index (χ2v) is 3.44. The van der Waals surface area contributed by atoms with Crippen LogP contribution in [-0.4, -0.2) is 16.3 Å². The molecule has 6 nitrogen and oxygen atoms in total. The summed E-state index contributed by atoms with van der Waals surface area (Å²) in [4.78, 5) is 10.4. The summed E-state index contributed by atoms with van der Waals surface area (Å²) >= 11 is 4.54. The van der Waals surface area contributed by atoms with Crippen LogP contribution in [0.5, 0.6) is 0 Å². The Bertz CT molecular complexity index is 459. The maximum atomic E-state index is 10.8. The van der Waals surface area contributed by atoms with Crippen molar-refractivity contribution in [3.63, 3.8) is 0 Å². The summed E-state index contributed by atoms with van der Waals surface area (Å²) in [6, 6.07) is 4.97. The maximum Gasteiger partial charge on any atom is 0.281 e. The number of hydrazone groups is 1. The van der Waals surface area contributed by atoms with Crippen LogP contribution in [-0.2, 0) is 0 Å². The van der Waals surface area contributed by atoms with Gasteiger partial charge in [0.2, 0.25) is 0 Å². The molecular weight excluding hydrogens is 228 g/mol. The predicted molar refractivity (Wildman–Crippen MR) is 65.3 cm³/mol. The molecule has 1 aromatic rings. The van der Waals surface area contributed by atoms with Crippen LogP contribution in [0.3, 0.4) is 0 Å². The molecule has 0 fully saturated rings. The zero-order chi connectivity index (χ0) is 12.1. The molecule has 0 bridgehead atoms. The minimum absolute atomic E-state index is 0.00607. The molecule has 0 heterocycles. The van der Waals surface area contributed by atoms with E-state index >= 15 is 0 Å². The molecule has 1 aromatic carbocycles. The van der Waals surface area contributed by atoms with Gasteiger partial charge in [-0.1, -0.05) is 12.1 Å². The number of thiocarbonyl (C=S) groups is 1. The number of nitrogens with zero attached hydrogens (tertiary/aromatic N) is 2. The minimum Gasteiger partial charge on any atom is -0.375 e. The molecule has 0 atom stereocenters. The smallest absolute Gasteiger partial charge is 0.281 e. The summed E-state index contributed by atoms with van der Waals surface area (Å²) in [5, 5.41) is 14.5. The molecule has 0 saturated carbocycles. The Hall–Kier alpha value is -2.02. The summed E-state index contributed by atoms with van der Waals surface area (Å²) in [6.45, 7) is 1.66. The standard InChI is InChI=1S/C9H10N4O2S/c1-6-3-2-4-7(8(6)13(14)15)5-11-12-9(10)16/h2-5H,1H3,(H3,10,12,16). The zero-order valence-corrected chi connectivity index (χ0v) is 9.32. The van der Waals surface area contributed by atoms with Gasteiger partial charge in [-0.05, 0) is 25.2 Å². The summed E-state index contributed by atoms with van der Waals surface area (Å²) in [5.41, 5.74) is 8.49. The van der Waals surface area contributed by atoms with Crippen molar-refractivity contribution in [1.29, 1.82) is 0 Å². The fourth-order valence-corrected chi connectivity index (χ4v) is 1.25. The average Bonchev–Trinajstić information content (AvgIpc) is 2.16. The Morgan fingerprint density at radius 2 is 2.38 bits per heavy atom. The number of hydrogen-bond acceptors (Lipinski definition) is 4. The molecule has 0 unspecified atom stereocenters.